The number of carbonyl (C=O) groups is 1. The molecule has 0 aromatic heterocycles. The molecule has 2 N–H and O–H groups in total. The number of rotatable bonds is 7. The van der Waals surface area contributed by atoms with Gasteiger partial charge in [0.05, 0.1) is 6.54 Å². The van der Waals surface area contributed by atoms with Crippen LogP contribution < -0.4 is 10.6 Å². The summed E-state index contributed by atoms with van der Waals surface area (Å²) in [5.74, 6) is 1.58. The lowest BCUT2D eigenvalue weighted by Gasteiger charge is -2.25. The van der Waals surface area contributed by atoms with Gasteiger partial charge in [-0.1, -0.05) is 33.1 Å². The number of nitrogens with one attached hydrogen (secondary N) is 2. The molecule has 0 aromatic carbocycles. The fourth-order valence-electron chi connectivity index (χ4n) is 1.67. The molecule has 15 heavy (non-hydrogen) atoms. The highest BCUT2D eigenvalue weighted by Gasteiger charge is 2.16. The number of amides is 1. The van der Waals surface area contributed by atoms with Crippen molar-refractivity contribution in [2.45, 2.75) is 39.5 Å². The predicted octanol–water partition coefficient (Wildman–Crippen LogP) is 1.54. The van der Waals surface area contributed by atoms with Gasteiger partial charge in [-0.25, -0.2) is 0 Å². The molecule has 1 fully saturated rings. The third-order valence-electron chi connectivity index (χ3n) is 2.95. The number of carbonyl (C=O) groups excluding carboxylic acids is 1. The average molecular weight is 212 g/mol. The minimum absolute atomic E-state index is 0.123. The molecule has 0 aromatic rings. The molecule has 0 aliphatic heterocycles. The molecule has 1 amide bonds. The summed E-state index contributed by atoms with van der Waals surface area (Å²) in [6.45, 7) is 6.44. The second kappa shape index (κ2) is 6.83. The molecule has 1 rings (SSSR count). The Morgan fingerprint density at radius 3 is 2.67 bits per heavy atom. The first-order valence-corrected chi connectivity index (χ1v) is 6.16. The molecule has 0 radical (unpaired) electrons. The second-order valence-corrected chi connectivity index (χ2v) is 4.96. The summed E-state index contributed by atoms with van der Waals surface area (Å²) in [5, 5.41) is 6.09. The van der Waals surface area contributed by atoms with Crippen LogP contribution in [0.15, 0.2) is 0 Å². The molecule has 88 valence electrons. The highest BCUT2D eigenvalue weighted by Crippen LogP contribution is 2.28. The van der Waals surface area contributed by atoms with Gasteiger partial charge in [0.25, 0.3) is 0 Å². The van der Waals surface area contributed by atoms with Gasteiger partial charge in [-0.3, -0.25) is 4.79 Å². The van der Waals surface area contributed by atoms with Crippen molar-refractivity contribution < 1.29 is 4.79 Å². The average Bonchev–Trinajstić information content (AvgIpc) is 2.11. The first kappa shape index (κ1) is 12.5. The molecule has 3 heteroatoms. The summed E-state index contributed by atoms with van der Waals surface area (Å²) >= 11 is 0. The van der Waals surface area contributed by atoms with Crippen molar-refractivity contribution >= 4 is 5.91 Å². The molecule has 0 atom stereocenters. The van der Waals surface area contributed by atoms with Gasteiger partial charge < -0.3 is 10.6 Å². The van der Waals surface area contributed by atoms with Crippen LogP contribution in [-0.4, -0.2) is 25.5 Å². The fourth-order valence-corrected chi connectivity index (χ4v) is 1.67. The third kappa shape index (κ3) is 5.78. The predicted molar refractivity (Wildman–Crippen MR) is 62.7 cm³/mol. The van der Waals surface area contributed by atoms with Crippen LogP contribution >= 0.6 is 0 Å². The van der Waals surface area contributed by atoms with E-state index < -0.39 is 0 Å². The fraction of sp³-hybridized carbons (Fsp3) is 0.917. The highest BCUT2D eigenvalue weighted by molar-refractivity contribution is 5.77. The topological polar surface area (TPSA) is 41.1 Å². The Morgan fingerprint density at radius 2 is 2.13 bits per heavy atom. The lowest BCUT2D eigenvalue weighted by Crippen LogP contribution is -2.36. The van der Waals surface area contributed by atoms with Crippen molar-refractivity contribution in [1.29, 1.82) is 0 Å². The van der Waals surface area contributed by atoms with Crippen molar-refractivity contribution in [3.63, 3.8) is 0 Å². The van der Waals surface area contributed by atoms with Crippen LogP contribution in [0.25, 0.3) is 0 Å². The van der Waals surface area contributed by atoms with E-state index in [1.165, 1.54) is 25.7 Å². The Kier molecular flexibility index (Phi) is 5.69. The Labute approximate surface area is 93.0 Å². The van der Waals surface area contributed by atoms with Crippen LogP contribution in [0.3, 0.4) is 0 Å². The van der Waals surface area contributed by atoms with Crippen molar-refractivity contribution in [2.24, 2.45) is 11.8 Å². The van der Waals surface area contributed by atoms with E-state index in [0.717, 1.165) is 19.0 Å². The summed E-state index contributed by atoms with van der Waals surface area (Å²) in [5.41, 5.74) is 0. The second-order valence-electron chi connectivity index (χ2n) is 4.96. The zero-order valence-electron chi connectivity index (χ0n) is 10.0. The summed E-state index contributed by atoms with van der Waals surface area (Å²) in [6, 6.07) is 0. The van der Waals surface area contributed by atoms with Crippen LogP contribution in [0.5, 0.6) is 0 Å². The Balaban J connectivity index is 1.87. The minimum Gasteiger partial charge on any atom is -0.355 e. The van der Waals surface area contributed by atoms with Crippen LogP contribution in [0.1, 0.15) is 39.5 Å². The summed E-state index contributed by atoms with van der Waals surface area (Å²) < 4.78 is 0. The van der Waals surface area contributed by atoms with E-state index >= 15 is 0 Å². The van der Waals surface area contributed by atoms with Crippen molar-refractivity contribution in [3.05, 3.63) is 0 Å². The molecule has 0 saturated heterocycles. The first-order chi connectivity index (χ1) is 7.18. The third-order valence-corrected chi connectivity index (χ3v) is 2.95. The van der Waals surface area contributed by atoms with Crippen LogP contribution in [0.2, 0.25) is 0 Å². The molecule has 0 heterocycles. The first-order valence-electron chi connectivity index (χ1n) is 6.16. The van der Waals surface area contributed by atoms with E-state index in [-0.39, 0.29) is 5.91 Å². The summed E-state index contributed by atoms with van der Waals surface area (Å²) in [4.78, 5) is 11.3. The van der Waals surface area contributed by atoms with E-state index in [1.807, 2.05) is 0 Å². The maximum absolute atomic E-state index is 11.3. The van der Waals surface area contributed by atoms with Gasteiger partial charge in [0.1, 0.15) is 0 Å². The summed E-state index contributed by atoms with van der Waals surface area (Å²) in [6.07, 6.45) is 5.42. The number of hydrogen-bond acceptors (Lipinski definition) is 2. The van der Waals surface area contributed by atoms with Gasteiger partial charge in [-0.15, -0.1) is 0 Å². The zero-order chi connectivity index (χ0) is 11.1. The largest absolute Gasteiger partial charge is 0.355 e. The van der Waals surface area contributed by atoms with Gasteiger partial charge in [-0.2, -0.15) is 0 Å². The van der Waals surface area contributed by atoms with Crippen LogP contribution in [0.4, 0.5) is 0 Å². The quantitative estimate of drug-likeness (QED) is 0.629. The molecular formula is C12H24N2O. The Morgan fingerprint density at radius 1 is 1.40 bits per heavy atom. The minimum atomic E-state index is 0.123. The van der Waals surface area contributed by atoms with E-state index in [2.05, 4.69) is 24.5 Å². The monoisotopic (exact) mass is 212 g/mol. The summed E-state index contributed by atoms with van der Waals surface area (Å²) in [7, 11) is 0. The molecule has 0 bridgehead atoms. The SMILES string of the molecule is CC(C)CNC(=O)CNCCC1CCC1. The standard InChI is InChI=1S/C12H24N2O/c1-10(2)8-14-12(15)9-13-7-6-11-4-3-5-11/h10-11,13H,3-9H2,1-2H3,(H,14,15). The van der Waals surface area contributed by atoms with Crippen molar-refractivity contribution in [2.75, 3.05) is 19.6 Å². The van der Waals surface area contributed by atoms with Crippen LogP contribution in [0, 0.1) is 11.8 Å². The van der Waals surface area contributed by atoms with E-state index in [4.69, 9.17) is 0 Å². The Bertz CT molecular complexity index is 188. The molecule has 3 nitrogen and oxygen atoms in total. The lowest BCUT2D eigenvalue weighted by molar-refractivity contribution is -0.120. The van der Waals surface area contributed by atoms with E-state index in [0.29, 0.717) is 12.5 Å². The molecular weight excluding hydrogens is 188 g/mol. The van der Waals surface area contributed by atoms with Gasteiger partial charge >= 0.3 is 0 Å². The van der Waals surface area contributed by atoms with Gasteiger partial charge in [0.2, 0.25) is 5.91 Å². The number of hydrogen-bond donors (Lipinski definition) is 2. The Hall–Kier alpha value is -0.570. The maximum Gasteiger partial charge on any atom is 0.233 e. The molecule has 0 spiro atoms. The zero-order valence-corrected chi connectivity index (χ0v) is 10.0. The van der Waals surface area contributed by atoms with Gasteiger partial charge in [0.15, 0.2) is 0 Å². The molecule has 1 saturated carbocycles. The molecule has 1 aliphatic carbocycles. The van der Waals surface area contributed by atoms with Crippen molar-refractivity contribution in [3.8, 4) is 0 Å². The molecule has 0 unspecified atom stereocenters. The highest BCUT2D eigenvalue weighted by atomic mass is 16.1. The van der Waals surface area contributed by atoms with Gasteiger partial charge in [-0.05, 0) is 24.8 Å². The van der Waals surface area contributed by atoms with E-state index in [9.17, 15) is 4.79 Å². The lowest BCUT2D eigenvalue weighted by atomic mass is 9.83. The van der Waals surface area contributed by atoms with E-state index in [1.54, 1.807) is 0 Å². The smallest absolute Gasteiger partial charge is 0.233 e. The molecule has 1 aliphatic rings. The van der Waals surface area contributed by atoms with Gasteiger partial charge in [0, 0.05) is 6.54 Å². The normalized spacial score (nSPS) is 16.5. The van der Waals surface area contributed by atoms with Crippen molar-refractivity contribution in [1.82, 2.24) is 10.6 Å². The maximum atomic E-state index is 11.3. The van der Waals surface area contributed by atoms with Crippen LogP contribution in [-0.2, 0) is 4.79 Å².